The van der Waals surface area contributed by atoms with Crippen LogP contribution in [0.4, 0.5) is 0 Å². The van der Waals surface area contributed by atoms with E-state index in [1.54, 1.807) is 29.8 Å². The van der Waals surface area contributed by atoms with Gasteiger partial charge in [0.2, 0.25) is 5.69 Å². The molecular weight excluding hydrogens is 344 g/mol. The monoisotopic (exact) mass is 372 g/mol. The van der Waals surface area contributed by atoms with Gasteiger partial charge in [-0.25, -0.2) is 4.57 Å². The fourth-order valence-electron chi connectivity index (χ4n) is 3.67. The maximum Gasteiger partial charge on any atom is 0.216 e. The maximum absolute atomic E-state index is 9.57. The third-order valence-corrected chi connectivity index (χ3v) is 4.84. The van der Waals surface area contributed by atoms with Gasteiger partial charge in [-0.15, -0.1) is 0 Å². The summed E-state index contributed by atoms with van der Waals surface area (Å²) in [6, 6.07) is 15.0. The number of nitriles is 1. The predicted molar refractivity (Wildman–Crippen MR) is 113 cm³/mol. The molecule has 2 heterocycles. The molecule has 0 N–H and O–H groups in total. The second kappa shape index (κ2) is 6.49. The first kappa shape index (κ1) is 14.9. The zero-order valence-electron chi connectivity index (χ0n) is 19.8. The van der Waals surface area contributed by atoms with Crippen molar-refractivity contribution in [1.29, 1.82) is 5.26 Å². The summed E-state index contributed by atoms with van der Waals surface area (Å²) in [6.07, 6.45) is -1.42. The van der Waals surface area contributed by atoms with Crippen LogP contribution < -0.4 is 4.57 Å². The molecule has 28 heavy (non-hydrogen) atoms. The normalized spacial score (nSPS) is 13.9. The molecule has 0 fully saturated rings. The number of hydrogen-bond acceptors (Lipinski definition) is 2. The highest BCUT2D eigenvalue weighted by molar-refractivity contribution is 6.11. The van der Waals surface area contributed by atoms with Crippen LogP contribution in [0.5, 0.6) is 0 Å². The van der Waals surface area contributed by atoms with E-state index in [4.69, 9.17) is 8.53 Å². The molecule has 140 valence electrons. The molecule has 4 rings (SSSR count). The molecule has 0 bridgehead atoms. The number of pyridine rings is 1. The van der Waals surface area contributed by atoms with Crippen LogP contribution in [-0.4, -0.2) is 0 Å². The fraction of sp³-hybridized carbons (Fsp3) is 0.280. The van der Waals surface area contributed by atoms with Gasteiger partial charge in [0.25, 0.3) is 0 Å². The van der Waals surface area contributed by atoms with Crippen LogP contribution in [0, 0.1) is 23.7 Å². The average Bonchev–Trinajstić information content (AvgIpc) is 3.08. The van der Waals surface area contributed by atoms with E-state index in [0.717, 1.165) is 21.9 Å². The number of fused-ring (bicyclic) bond motifs is 3. The molecule has 0 unspecified atom stereocenters. The van der Waals surface area contributed by atoms with E-state index in [-0.39, 0.29) is 6.17 Å². The number of aryl methyl sites for hydroxylation is 1. The van der Waals surface area contributed by atoms with E-state index >= 15 is 0 Å². The first-order chi connectivity index (χ1) is 14.5. The molecule has 2 aromatic carbocycles. The summed E-state index contributed by atoms with van der Waals surface area (Å²) in [5.74, 6) is 0. The van der Waals surface area contributed by atoms with Crippen LogP contribution in [0.25, 0.3) is 33.2 Å². The highest BCUT2D eigenvalue weighted by atomic mass is 16.3. The summed E-state index contributed by atoms with van der Waals surface area (Å²) in [5, 5.41) is 11.2. The SMILES string of the molecule is [2H]c1cc(C([2H])([2H])C(C)(C)C)cc(-c2c(C)ccc3c2oc2cccc(C#N)c23)[n+]1C. The maximum atomic E-state index is 9.57. The molecule has 2 aromatic heterocycles. The lowest BCUT2D eigenvalue weighted by Crippen LogP contribution is -2.31. The van der Waals surface area contributed by atoms with E-state index in [1.807, 2.05) is 52.0 Å². The number of benzene rings is 2. The highest BCUT2D eigenvalue weighted by Crippen LogP contribution is 2.38. The van der Waals surface area contributed by atoms with Gasteiger partial charge in [-0.3, -0.25) is 0 Å². The van der Waals surface area contributed by atoms with Crippen LogP contribution >= 0.6 is 0 Å². The zero-order chi connectivity index (χ0) is 22.7. The minimum Gasteiger partial charge on any atom is -0.455 e. The lowest BCUT2D eigenvalue weighted by atomic mass is 9.87. The smallest absolute Gasteiger partial charge is 0.216 e. The largest absolute Gasteiger partial charge is 0.455 e. The average molecular weight is 373 g/mol. The van der Waals surface area contributed by atoms with Crippen molar-refractivity contribution in [2.45, 2.75) is 34.1 Å². The Morgan fingerprint density at radius 1 is 1.21 bits per heavy atom. The third-order valence-electron chi connectivity index (χ3n) is 4.84. The van der Waals surface area contributed by atoms with Gasteiger partial charge in [0.1, 0.15) is 19.6 Å². The first-order valence-electron chi connectivity index (χ1n) is 10.8. The van der Waals surface area contributed by atoms with Crippen molar-refractivity contribution in [2.24, 2.45) is 12.5 Å². The van der Waals surface area contributed by atoms with Crippen molar-refractivity contribution in [3.8, 4) is 17.3 Å². The fourth-order valence-corrected chi connectivity index (χ4v) is 3.67. The van der Waals surface area contributed by atoms with E-state index in [1.165, 1.54) is 0 Å². The molecule has 0 aliphatic heterocycles. The molecule has 3 heteroatoms. The molecule has 3 nitrogen and oxygen atoms in total. The summed E-state index contributed by atoms with van der Waals surface area (Å²) in [5.41, 5.74) is 4.11. The number of nitrogens with zero attached hydrogens (tertiary/aromatic N) is 2. The molecule has 0 aliphatic carbocycles. The lowest BCUT2D eigenvalue weighted by Gasteiger charge is -2.18. The standard InChI is InChI=1S/C25H25N2O/c1-16-9-10-19-23-18(15-26)7-6-8-21(23)28-24(19)22(16)20-13-17(11-12-27(20)5)14-25(2,3)4/h6-13H,14H2,1-5H3/q+1/i12D,14D2. The van der Waals surface area contributed by atoms with Crippen molar-refractivity contribution in [3.05, 3.63) is 65.3 Å². The molecule has 4 aromatic rings. The minimum atomic E-state index is -1.63. The number of rotatable bonds is 2. The predicted octanol–water partition coefficient (Wildman–Crippen LogP) is 5.85. The second-order valence-electron chi connectivity index (χ2n) is 8.22. The van der Waals surface area contributed by atoms with E-state index in [0.29, 0.717) is 28.0 Å². The third kappa shape index (κ3) is 3.05. The van der Waals surface area contributed by atoms with E-state index < -0.39 is 11.8 Å². The van der Waals surface area contributed by atoms with E-state index in [2.05, 4.69) is 6.07 Å². The van der Waals surface area contributed by atoms with Crippen molar-refractivity contribution < 1.29 is 13.1 Å². The van der Waals surface area contributed by atoms with Gasteiger partial charge < -0.3 is 4.42 Å². The van der Waals surface area contributed by atoms with Gasteiger partial charge in [0.15, 0.2) is 6.17 Å². The topological polar surface area (TPSA) is 40.8 Å². The Balaban J connectivity index is 2.11. The van der Waals surface area contributed by atoms with Gasteiger partial charge in [-0.2, -0.15) is 5.26 Å². The van der Waals surface area contributed by atoms with Crippen molar-refractivity contribution in [2.75, 3.05) is 0 Å². The summed E-state index contributed by atoms with van der Waals surface area (Å²) in [6.45, 7) is 7.55. The number of aromatic nitrogens is 1. The Morgan fingerprint density at radius 3 is 2.71 bits per heavy atom. The highest BCUT2D eigenvalue weighted by Gasteiger charge is 2.23. The first-order valence-corrected chi connectivity index (χ1v) is 9.34. The van der Waals surface area contributed by atoms with Crippen LogP contribution in [0.2, 0.25) is 0 Å². The van der Waals surface area contributed by atoms with Crippen LogP contribution in [-0.2, 0) is 13.4 Å². The summed E-state index contributed by atoms with van der Waals surface area (Å²) >= 11 is 0. The van der Waals surface area contributed by atoms with Crippen LogP contribution in [0.3, 0.4) is 0 Å². The number of furan rings is 1. The Bertz CT molecular complexity index is 1390. The molecular formula is C25H25N2O+. The van der Waals surface area contributed by atoms with Crippen LogP contribution in [0.15, 0.2) is 53.1 Å². The molecule has 0 radical (unpaired) electrons. The summed E-state index contributed by atoms with van der Waals surface area (Å²) in [4.78, 5) is 0. The van der Waals surface area contributed by atoms with Crippen molar-refractivity contribution in [1.82, 2.24) is 0 Å². The van der Waals surface area contributed by atoms with Gasteiger partial charge in [-0.1, -0.05) is 39.0 Å². The van der Waals surface area contributed by atoms with Crippen LogP contribution in [0.1, 0.15) is 41.6 Å². The van der Waals surface area contributed by atoms with Gasteiger partial charge in [0, 0.05) is 25.6 Å². The molecule has 0 atom stereocenters. The van der Waals surface area contributed by atoms with Gasteiger partial charge in [0.05, 0.1) is 17.2 Å². The van der Waals surface area contributed by atoms with Gasteiger partial charge >= 0.3 is 0 Å². The van der Waals surface area contributed by atoms with Crippen molar-refractivity contribution >= 4 is 21.9 Å². The minimum absolute atomic E-state index is 0.214. The van der Waals surface area contributed by atoms with Gasteiger partial charge in [-0.05, 0) is 42.0 Å². The Kier molecular flexibility index (Phi) is 3.45. The Labute approximate surface area is 170 Å². The Morgan fingerprint density at radius 2 is 2.00 bits per heavy atom. The quantitative estimate of drug-likeness (QED) is 0.414. The van der Waals surface area contributed by atoms with Crippen molar-refractivity contribution in [3.63, 3.8) is 0 Å². The summed E-state index contributed by atoms with van der Waals surface area (Å²) in [7, 11) is 1.80. The molecule has 0 aliphatic rings. The van der Waals surface area contributed by atoms with E-state index in [9.17, 15) is 5.26 Å². The second-order valence-corrected chi connectivity index (χ2v) is 8.22. The lowest BCUT2D eigenvalue weighted by molar-refractivity contribution is -0.660. The zero-order valence-corrected chi connectivity index (χ0v) is 16.8. The molecule has 0 spiro atoms. The number of hydrogen-bond donors (Lipinski definition) is 0. The Hall–Kier alpha value is -3.12. The molecule has 0 saturated carbocycles. The summed E-state index contributed by atoms with van der Waals surface area (Å²) < 4.78 is 33.9. The molecule has 0 saturated heterocycles. The molecule has 0 amide bonds.